The molecule has 0 atom stereocenters. The monoisotopic (exact) mass is 172 g/mol. The predicted octanol–water partition coefficient (Wildman–Crippen LogP) is 3.16. The van der Waals surface area contributed by atoms with E-state index in [1.54, 1.807) is 6.07 Å². The molecule has 0 aromatic heterocycles. The first-order valence-electron chi connectivity index (χ1n) is 4.37. The summed E-state index contributed by atoms with van der Waals surface area (Å²) in [6.07, 6.45) is 0. The van der Waals surface area contributed by atoms with Crippen molar-refractivity contribution in [2.24, 2.45) is 0 Å². The summed E-state index contributed by atoms with van der Waals surface area (Å²) in [6.45, 7) is 4.00. The Bertz CT molecular complexity index is 453. The van der Waals surface area contributed by atoms with E-state index in [-0.39, 0.29) is 0 Å². The molecule has 0 radical (unpaired) electrons. The van der Waals surface area contributed by atoms with Gasteiger partial charge in [-0.25, -0.2) is 0 Å². The molecule has 0 amide bonds. The van der Waals surface area contributed by atoms with Crippen molar-refractivity contribution >= 4 is 10.8 Å². The largest absolute Gasteiger partial charge is 0.508 e. The lowest BCUT2D eigenvalue weighted by Crippen LogP contribution is -1.80. The molecule has 1 N–H and O–H groups in total. The highest BCUT2D eigenvalue weighted by atomic mass is 16.3. The van der Waals surface area contributed by atoms with Crippen molar-refractivity contribution in [2.45, 2.75) is 13.8 Å². The molecule has 0 aliphatic heterocycles. The van der Waals surface area contributed by atoms with Crippen molar-refractivity contribution in [2.75, 3.05) is 0 Å². The highest BCUT2D eigenvalue weighted by molar-refractivity contribution is 5.87. The highest BCUT2D eigenvalue weighted by Gasteiger charge is 2.01. The van der Waals surface area contributed by atoms with Gasteiger partial charge in [0.15, 0.2) is 0 Å². The van der Waals surface area contributed by atoms with Crippen LogP contribution in [0.25, 0.3) is 10.8 Å². The standard InChI is InChI=1S/C12H12O/c1-8-3-4-10-5-6-12(13)9(2)11(10)7-8/h3-7,13H,1-2H3. The zero-order valence-corrected chi connectivity index (χ0v) is 7.83. The summed E-state index contributed by atoms with van der Waals surface area (Å²) in [5.41, 5.74) is 2.18. The fourth-order valence-electron chi connectivity index (χ4n) is 1.57. The van der Waals surface area contributed by atoms with Crippen molar-refractivity contribution in [3.63, 3.8) is 0 Å². The van der Waals surface area contributed by atoms with Crippen molar-refractivity contribution in [1.29, 1.82) is 0 Å². The Morgan fingerprint density at radius 1 is 1.00 bits per heavy atom. The zero-order valence-electron chi connectivity index (χ0n) is 7.83. The van der Waals surface area contributed by atoms with Gasteiger partial charge in [0, 0.05) is 0 Å². The average molecular weight is 172 g/mol. The van der Waals surface area contributed by atoms with E-state index in [1.165, 1.54) is 10.9 Å². The number of fused-ring (bicyclic) bond motifs is 1. The SMILES string of the molecule is Cc1ccc2ccc(O)c(C)c2c1. The molecule has 0 bridgehead atoms. The minimum atomic E-state index is 0.373. The van der Waals surface area contributed by atoms with Crippen LogP contribution in [-0.4, -0.2) is 5.11 Å². The van der Waals surface area contributed by atoms with Crippen LogP contribution in [0.5, 0.6) is 5.75 Å². The topological polar surface area (TPSA) is 20.2 Å². The lowest BCUT2D eigenvalue weighted by molar-refractivity contribution is 0.472. The molecule has 13 heavy (non-hydrogen) atoms. The van der Waals surface area contributed by atoms with Crippen LogP contribution in [0.4, 0.5) is 0 Å². The third-order valence-electron chi connectivity index (χ3n) is 2.42. The Balaban J connectivity index is 2.89. The van der Waals surface area contributed by atoms with Crippen LogP contribution < -0.4 is 0 Å². The minimum Gasteiger partial charge on any atom is -0.508 e. The van der Waals surface area contributed by atoms with Crippen molar-refractivity contribution in [3.8, 4) is 5.75 Å². The molecular formula is C12H12O. The van der Waals surface area contributed by atoms with Gasteiger partial charge in [0.2, 0.25) is 0 Å². The molecule has 0 fully saturated rings. The first-order valence-corrected chi connectivity index (χ1v) is 4.37. The van der Waals surface area contributed by atoms with Gasteiger partial charge < -0.3 is 5.11 Å². The van der Waals surface area contributed by atoms with Crippen LogP contribution in [0.3, 0.4) is 0 Å². The van der Waals surface area contributed by atoms with Gasteiger partial charge in [0.25, 0.3) is 0 Å². The summed E-state index contributed by atoms with van der Waals surface area (Å²) in [5, 5.41) is 11.8. The maximum absolute atomic E-state index is 9.51. The van der Waals surface area contributed by atoms with Gasteiger partial charge >= 0.3 is 0 Å². The van der Waals surface area contributed by atoms with Gasteiger partial charge in [-0.3, -0.25) is 0 Å². The Hall–Kier alpha value is -1.50. The van der Waals surface area contributed by atoms with E-state index in [0.717, 1.165) is 10.9 Å². The van der Waals surface area contributed by atoms with E-state index in [0.29, 0.717) is 5.75 Å². The van der Waals surface area contributed by atoms with E-state index in [9.17, 15) is 5.11 Å². The minimum absolute atomic E-state index is 0.373. The van der Waals surface area contributed by atoms with Crippen molar-refractivity contribution < 1.29 is 5.11 Å². The maximum atomic E-state index is 9.51. The van der Waals surface area contributed by atoms with Gasteiger partial charge in [-0.2, -0.15) is 0 Å². The third kappa shape index (κ3) is 1.26. The molecule has 2 rings (SSSR count). The molecular weight excluding hydrogens is 160 g/mol. The van der Waals surface area contributed by atoms with E-state index in [2.05, 4.69) is 25.1 Å². The first-order chi connectivity index (χ1) is 6.18. The number of phenols is 1. The van der Waals surface area contributed by atoms with Crippen molar-refractivity contribution in [1.82, 2.24) is 0 Å². The number of hydrogen-bond acceptors (Lipinski definition) is 1. The molecule has 1 heteroatoms. The molecule has 0 saturated heterocycles. The summed E-state index contributed by atoms with van der Waals surface area (Å²) in [7, 11) is 0. The Morgan fingerprint density at radius 2 is 1.69 bits per heavy atom. The smallest absolute Gasteiger partial charge is 0.119 e. The number of phenolic OH excluding ortho intramolecular Hbond substituents is 1. The normalized spacial score (nSPS) is 10.6. The number of rotatable bonds is 0. The average Bonchev–Trinajstić information content (AvgIpc) is 2.12. The van der Waals surface area contributed by atoms with Crippen LogP contribution >= 0.6 is 0 Å². The quantitative estimate of drug-likeness (QED) is 0.647. The Kier molecular flexibility index (Phi) is 1.73. The zero-order chi connectivity index (χ0) is 9.42. The fourth-order valence-corrected chi connectivity index (χ4v) is 1.57. The molecule has 0 aliphatic rings. The van der Waals surface area contributed by atoms with Crippen LogP contribution in [-0.2, 0) is 0 Å². The fraction of sp³-hybridized carbons (Fsp3) is 0.167. The van der Waals surface area contributed by atoms with Crippen LogP contribution in [0.2, 0.25) is 0 Å². The lowest BCUT2D eigenvalue weighted by Gasteiger charge is -2.04. The third-order valence-corrected chi connectivity index (χ3v) is 2.42. The van der Waals surface area contributed by atoms with Crippen molar-refractivity contribution in [3.05, 3.63) is 41.5 Å². The van der Waals surface area contributed by atoms with Gasteiger partial charge in [0.05, 0.1) is 0 Å². The number of aryl methyl sites for hydroxylation is 2. The van der Waals surface area contributed by atoms with E-state index in [4.69, 9.17) is 0 Å². The number of hydrogen-bond donors (Lipinski definition) is 1. The summed E-state index contributed by atoms with van der Waals surface area (Å²) in [5.74, 6) is 0.373. The van der Waals surface area contributed by atoms with E-state index >= 15 is 0 Å². The summed E-state index contributed by atoms with van der Waals surface area (Å²) < 4.78 is 0. The summed E-state index contributed by atoms with van der Waals surface area (Å²) >= 11 is 0. The molecule has 0 spiro atoms. The van der Waals surface area contributed by atoms with E-state index in [1.807, 2.05) is 13.0 Å². The molecule has 66 valence electrons. The second-order valence-corrected chi connectivity index (χ2v) is 3.43. The summed E-state index contributed by atoms with van der Waals surface area (Å²) in [4.78, 5) is 0. The highest BCUT2D eigenvalue weighted by Crippen LogP contribution is 2.26. The van der Waals surface area contributed by atoms with Crippen LogP contribution in [0, 0.1) is 13.8 Å². The molecule has 0 aliphatic carbocycles. The molecule has 0 unspecified atom stereocenters. The number of aromatic hydroxyl groups is 1. The molecule has 2 aromatic carbocycles. The molecule has 0 saturated carbocycles. The second-order valence-electron chi connectivity index (χ2n) is 3.43. The second kappa shape index (κ2) is 2.77. The molecule has 2 aromatic rings. The Morgan fingerprint density at radius 3 is 2.46 bits per heavy atom. The van der Waals surface area contributed by atoms with Gasteiger partial charge in [-0.05, 0) is 36.2 Å². The van der Waals surface area contributed by atoms with E-state index < -0.39 is 0 Å². The Labute approximate surface area is 77.6 Å². The van der Waals surface area contributed by atoms with Crippen LogP contribution in [0.1, 0.15) is 11.1 Å². The summed E-state index contributed by atoms with van der Waals surface area (Å²) in [6, 6.07) is 9.95. The van der Waals surface area contributed by atoms with Gasteiger partial charge in [-0.15, -0.1) is 0 Å². The van der Waals surface area contributed by atoms with Gasteiger partial charge in [0.1, 0.15) is 5.75 Å². The number of benzene rings is 2. The first kappa shape index (κ1) is 8.11. The predicted molar refractivity (Wildman–Crippen MR) is 55.1 cm³/mol. The lowest BCUT2D eigenvalue weighted by atomic mass is 10.0. The van der Waals surface area contributed by atoms with Gasteiger partial charge in [-0.1, -0.05) is 29.8 Å². The molecule has 0 heterocycles. The maximum Gasteiger partial charge on any atom is 0.119 e. The van der Waals surface area contributed by atoms with Crippen LogP contribution in [0.15, 0.2) is 30.3 Å². The molecule has 1 nitrogen and oxygen atoms in total.